The maximum atomic E-state index is 11.7. The van der Waals surface area contributed by atoms with E-state index in [2.05, 4.69) is 12.2 Å². The van der Waals surface area contributed by atoms with Gasteiger partial charge in [-0.15, -0.1) is 0 Å². The fourth-order valence-electron chi connectivity index (χ4n) is 3.38. The standard InChI is InChI=1S/C15H22O4/c1-15(2,3)14(19-13(18)8-12(16)17)11-7-9-4-5-10(11)6-9/h4-5,9-11,14H,6-8H2,1-3H3,(H,16,17). The summed E-state index contributed by atoms with van der Waals surface area (Å²) in [6, 6.07) is 0. The molecule has 2 aliphatic rings. The Labute approximate surface area is 113 Å². The third kappa shape index (κ3) is 3.17. The maximum Gasteiger partial charge on any atom is 0.317 e. The predicted octanol–water partition coefficient (Wildman–Crippen LogP) is 2.63. The Balaban J connectivity index is 2.07. The van der Waals surface area contributed by atoms with E-state index in [-0.39, 0.29) is 11.5 Å². The lowest BCUT2D eigenvalue weighted by Crippen LogP contribution is -2.40. The second-order valence-corrected chi connectivity index (χ2v) is 6.79. The number of hydrogen-bond acceptors (Lipinski definition) is 3. The molecule has 1 saturated carbocycles. The first kappa shape index (κ1) is 14.1. The van der Waals surface area contributed by atoms with Gasteiger partial charge in [0.15, 0.2) is 0 Å². The highest BCUT2D eigenvalue weighted by Crippen LogP contribution is 2.49. The molecule has 0 amide bonds. The van der Waals surface area contributed by atoms with Gasteiger partial charge < -0.3 is 9.84 Å². The molecule has 4 nitrogen and oxygen atoms in total. The number of allylic oxidation sites excluding steroid dienone is 2. The lowest BCUT2D eigenvalue weighted by Gasteiger charge is -2.37. The highest BCUT2D eigenvalue weighted by molar-refractivity contribution is 5.90. The number of hydrogen-bond donors (Lipinski definition) is 1. The summed E-state index contributed by atoms with van der Waals surface area (Å²) in [5.41, 5.74) is -0.169. The van der Waals surface area contributed by atoms with Crippen molar-refractivity contribution in [3.8, 4) is 0 Å². The normalized spacial score (nSPS) is 30.4. The largest absolute Gasteiger partial charge is 0.481 e. The molecule has 4 atom stereocenters. The van der Waals surface area contributed by atoms with Crippen molar-refractivity contribution in [2.75, 3.05) is 0 Å². The molecule has 0 aliphatic heterocycles. The van der Waals surface area contributed by atoms with Crippen LogP contribution in [-0.4, -0.2) is 23.1 Å². The Hall–Kier alpha value is -1.32. The summed E-state index contributed by atoms with van der Waals surface area (Å²) in [6.07, 6.45) is 5.91. The Bertz CT molecular complexity index is 405. The van der Waals surface area contributed by atoms with E-state index in [1.54, 1.807) is 0 Å². The van der Waals surface area contributed by atoms with Crippen molar-refractivity contribution < 1.29 is 19.4 Å². The highest BCUT2D eigenvalue weighted by atomic mass is 16.5. The molecule has 2 bridgehead atoms. The molecule has 1 fully saturated rings. The first-order chi connectivity index (χ1) is 8.77. The van der Waals surface area contributed by atoms with Gasteiger partial charge in [-0.25, -0.2) is 0 Å². The summed E-state index contributed by atoms with van der Waals surface area (Å²) >= 11 is 0. The van der Waals surface area contributed by atoms with Crippen LogP contribution < -0.4 is 0 Å². The summed E-state index contributed by atoms with van der Waals surface area (Å²) in [5.74, 6) is -0.345. The molecule has 4 heteroatoms. The van der Waals surface area contributed by atoms with Crippen molar-refractivity contribution in [2.24, 2.45) is 23.2 Å². The number of carbonyl (C=O) groups is 2. The maximum absolute atomic E-state index is 11.7. The number of carboxylic acids is 1. The van der Waals surface area contributed by atoms with E-state index in [9.17, 15) is 9.59 Å². The van der Waals surface area contributed by atoms with Gasteiger partial charge in [0.2, 0.25) is 0 Å². The van der Waals surface area contributed by atoms with Crippen LogP contribution in [0, 0.1) is 23.2 Å². The molecule has 1 N–H and O–H groups in total. The number of fused-ring (bicyclic) bond motifs is 2. The summed E-state index contributed by atoms with van der Waals surface area (Å²) in [4.78, 5) is 22.2. The molecule has 0 saturated heterocycles. The number of rotatable bonds is 4. The van der Waals surface area contributed by atoms with Gasteiger partial charge in [-0.05, 0) is 30.1 Å². The van der Waals surface area contributed by atoms with E-state index in [1.165, 1.54) is 0 Å². The Morgan fingerprint density at radius 1 is 1.32 bits per heavy atom. The van der Waals surface area contributed by atoms with Crippen LogP contribution in [0.2, 0.25) is 0 Å². The molecule has 2 aliphatic carbocycles. The van der Waals surface area contributed by atoms with Crippen LogP contribution in [0.1, 0.15) is 40.0 Å². The van der Waals surface area contributed by atoms with Crippen LogP contribution >= 0.6 is 0 Å². The summed E-state index contributed by atoms with van der Waals surface area (Å²) in [6.45, 7) is 6.13. The Morgan fingerprint density at radius 2 is 2.00 bits per heavy atom. The average molecular weight is 266 g/mol. The predicted molar refractivity (Wildman–Crippen MR) is 70.4 cm³/mol. The van der Waals surface area contributed by atoms with Crippen molar-refractivity contribution in [1.82, 2.24) is 0 Å². The monoisotopic (exact) mass is 266 g/mol. The molecule has 19 heavy (non-hydrogen) atoms. The molecule has 106 valence electrons. The summed E-state index contributed by atoms with van der Waals surface area (Å²) in [5, 5.41) is 8.66. The van der Waals surface area contributed by atoms with Gasteiger partial charge in [0.25, 0.3) is 0 Å². The first-order valence-electron chi connectivity index (χ1n) is 6.87. The zero-order valence-corrected chi connectivity index (χ0v) is 11.8. The molecule has 0 aromatic carbocycles. The molecule has 0 heterocycles. The van der Waals surface area contributed by atoms with Crippen LogP contribution in [-0.2, 0) is 14.3 Å². The molecule has 0 aromatic rings. The van der Waals surface area contributed by atoms with E-state index in [0.29, 0.717) is 17.8 Å². The van der Waals surface area contributed by atoms with Gasteiger partial charge in [0.1, 0.15) is 12.5 Å². The second-order valence-electron chi connectivity index (χ2n) is 6.79. The number of ether oxygens (including phenoxy) is 1. The number of carboxylic acid groups (broad SMARTS) is 1. The molecule has 4 unspecified atom stereocenters. The second kappa shape index (κ2) is 4.99. The minimum absolute atomic E-state index is 0.169. The molecule has 0 radical (unpaired) electrons. The minimum atomic E-state index is -1.13. The van der Waals surface area contributed by atoms with Crippen molar-refractivity contribution in [1.29, 1.82) is 0 Å². The van der Waals surface area contributed by atoms with Gasteiger partial charge in [-0.3, -0.25) is 9.59 Å². The van der Waals surface area contributed by atoms with Gasteiger partial charge >= 0.3 is 11.9 Å². The zero-order chi connectivity index (χ0) is 14.2. The molecule has 0 aromatic heterocycles. The van der Waals surface area contributed by atoms with Crippen LogP contribution in [0.15, 0.2) is 12.2 Å². The smallest absolute Gasteiger partial charge is 0.317 e. The van der Waals surface area contributed by atoms with Crippen molar-refractivity contribution in [3.05, 3.63) is 12.2 Å². The van der Waals surface area contributed by atoms with Gasteiger partial charge in [0.05, 0.1) is 0 Å². The topological polar surface area (TPSA) is 63.6 Å². The minimum Gasteiger partial charge on any atom is -0.481 e. The molecule has 0 spiro atoms. The first-order valence-corrected chi connectivity index (χ1v) is 6.87. The zero-order valence-electron chi connectivity index (χ0n) is 11.8. The van der Waals surface area contributed by atoms with E-state index >= 15 is 0 Å². The number of aliphatic carboxylic acids is 1. The Kier molecular flexibility index (Phi) is 3.70. The molecular weight excluding hydrogens is 244 g/mol. The third-order valence-corrected chi connectivity index (χ3v) is 4.13. The van der Waals surface area contributed by atoms with Gasteiger partial charge in [0, 0.05) is 5.92 Å². The van der Waals surface area contributed by atoms with Crippen molar-refractivity contribution in [2.45, 2.75) is 46.1 Å². The van der Waals surface area contributed by atoms with E-state index in [0.717, 1.165) is 12.8 Å². The lowest BCUT2D eigenvalue weighted by atomic mass is 9.75. The lowest BCUT2D eigenvalue weighted by molar-refractivity contribution is -0.164. The molecular formula is C15H22O4. The van der Waals surface area contributed by atoms with Crippen LogP contribution in [0.25, 0.3) is 0 Å². The summed E-state index contributed by atoms with van der Waals surface area (Å²) in [7, 11) is 0. The van der Waals surface area contributed by atoms with Gasteiger partial charge in [-0.2, -0.15) is 0 Å². The van der Waals surface area contributed by atoms with Crippen LogP contribution in [0.3, 0.4) is 0 Å². The van der Waals surface area contributed by atoms with E-state index in [4.69, 9.17) is 9.84 Å². The quantitative estimate of drug-likeness (QED) is 0.482. The fraction of sp³-hybridized carbons (Fsp3) is 0.733. The number of carbonyl (C=O) groups excluding carboxylic acids is 1. The van der Waals surface area contributed by atoms with Crippen LogP contribution in [0.4, 0.5) is 0 Å². The summed E-state index contributed by atoms with van der Waals surface area (Å²) < 4.78 is 5.51. The van der Waals surface area contributed by atoms with Crippen LogP contribution in [0.5, 0.6) is 0 Å². The highest BCUT2D eigenvalue weighted by Gasteiger charge is 2.45. The van der Waals surface area contributed by atoms with E-state index < -0.39 is 18.4 Å². The fourth-order valence-corrected chi connectivity index (χ4v) is 3.38. The Morgan fingerprint density at radius 3 is 2.42 bits per heavy atom. The van der Waals surface area contributed by atoms with Gasteiger partial charge in [-0.1, -0.05) is 32.9 Å². The van der Waals surface area contributed by atoms with E-state index in [1.807, 2.05) is 20.8 Å². The van der Waals surface area contributed by atoms with Crippen molar-refractivity contribution >= 4 is 11.9 Å². The third-order valence-electron chi connectivity index (χ3n) is 4.13. The van der Waals surface area contributed by atoms with Crippen molar-refractivity contribution in [3.63, 3.8) is 0 Å². The SMILES string of the molecule is CC(C)(C)C(OC(=O)CC(=O)O)C1CC2C=CC1C2. The molecule has 2 rings (SSSR count). The average Bonchev–Trinajstić information content (AvgIpc) is 2.84. The number of esters is 1.